The Morgan fingerprint density at radius 1 is 1.24 bits per heavy atom. The number of amides is 1. The summed E-state index contributed by atoms with van der Waals surface area (Å²) in [6.07, 6.45) is 2.79. The van der Waals surface area contributed by atoms with Gasteiger partial charge < -0.3 is 10.5 Å². The molecule has 0 aliphatic carbocycles. The van der Waals surface area contributed by atoms with Gasteiger partial charge in [0.15, 0.2) is 0 Å². The number of rotatable bonds is 8. The number of benzene rings is 2. The van der Waals surface area contributed by atoms with Crippen LogP contribution in [0.2, 0.25) is 5.02 Å². The van der Waals surface area contributed by atoms with E-state index in [1.165, 1.54) is 54.8 Å². The van der Waals surface area contributed by atoms with Gasteiger partial charge in [-0.15, -0.1) is 0 Å². The molecule has 10 heteroatoms. The van der Waals surface area contributed by atoms with Gasteiger partial charge >= 0.3 is 0 Å². The van der Waals surface area contributed by atoms with Gasteiger partial charge in [-0.3, -0.25) is 14.5 Å². The van der Waals surface area contributed by atoms with Crippen LogP contribution in [0.5, 0.6) is 5.75 Å². The van der Waals surface area contributed by atoms with Crippen LogP contribution in [-0.4, -0.2) is 27.6 Å². The number of carbonyl (C=O) groups is 1. The van der Waals surface area contributed by atoms with Gasteiger partial charge in [0.1, 0.15) is 11.5 Å². The van der Waals surface area contributed by atoms with Crippen LogP contribution >= 0.6 is 23.2 Å². The summed E-state index contributed by atoms with van der Waals surface area (Å²) >= 11 is 11.7. The fourth-order valence-electron chi connectivity index (χ4n) is 2.19. The van der Waals surface area contributed by atoms with Crippen molar-refractivity contribution in [2.75, 3.05) is 11.8 Å². The fraction of sp³-hybridized carbons (Fsp3) is 0.0526. The van der Waals surface area contributed by atoms with Crippen LogP contribution in [0.3, 0.4) is 0 Å². The molecule has 2 aromatic carbocycles. The van der Waals surface area contributed by atoms with Crippen molar-refractivity contribution in [2.45, 2.75) is 4.90 Å². The van der Waals surface area contributed by atoms with Gasteiger partial charge in [0.2, 0.25) is 0 Å². The summed E-state index contributed by atoms with van der Waals surface area (Å²) in [6.45, 7) is 3.68. The summed E-state index contributed by atoms with van der Waals surface area (Å²) in [5, 5.41) is 0.673. The number of ether oxygens (including phenoxy) is 1. The van der Waals surface area contributed by atoms with E-state index < -0.39 is 15.9 Å². The smallest absolute Gasteiger partial charge is 0.261 e. The van der Waals surface area contributed by atoms with Crippen molar-refractivity contribution in [1.82, 2.24) is 0 Å². The predicted molar refractivity (Wildman–Crippen MR) is 115 cm³/mol. The first-order chi connectivity index (χ1) is 13.6. The molecule has 0 saturated carbocycles. The quantitative estimate of drug-likeness (QED) is 0.357. The number of primary amides is 1. The summed E-state index contributed by atoms with van der Waals surface area (Å²) < 4.78 is 32.8. The number of carbonyl (C=O) groups excluding carboxylic acids is 1. The number of sulfonamides is 1. The van der Waals surface area contributed by atoms with Gasteiger partial charge in [-0.1, -0.05) is 29.8 Å². The molecule has 0 aliphatic rings. The number of hydrogen-bond acceptors (Lipinski definition) is 5. The number of aliphatic imine (C=N–C) groups is 1. The largest absolute Gasteiger partial charge is 0.457 e. The first-order valence-electron chi connectivity index (χ1n) is 8.00. The highest BCUT2D eigenvalue weighted by molar-refractivity contribution is 7.92. The van der Waals surface area contributed by atoms with E-state index in [2.05, 4.69) is 16.3 Å². The Morgan fingerprint density at radius 3 is 2.48 bits per heavy atom. The second-order valence-electron chi connectivity index (χ2n) is 5.62. The van der Waals surface area contributed by atoms with Gasteiger partial charge in [-0.25, -0.2) is 8.42 Å². The Kier molecular flexibility index (Phi) is 7.44. The SMILES string of the molecule is C=C(/C=C(/Cl)C=NC)Oc1ccc(NS(=O)(=O)c2ccc(Cl)cc2)cc1C(N)=O. The predicted octanol–water partition coefficient (Wildman–Crippen LogP) is 3.96. The van der Waals surface area contributed by atoms with Crippen LogP contribution in [0.25, 0.3) is 0 Å². The maximum atomic E-state index is 12.5. The van der Waals surface area contributed by atoms with E-state index >= 15 is 0 Å². The zero-order chi connectivity index (χ0) is 21.6. The monoisotopic (exact) mass is 453 g/mol. The van der Waals surface area contributed by atoms with Crippen LogP contribution in [0.4, 0.5) is 5.69 Å². The highest BCUT2D eigenvalue weighted by atomic mass is 35.5. The van der Waals surface area contributed by atoms with Gasteiger partial charge in [0.05, 0.1) is 15.5 Å². The highest BCUT2D eigenvalue weighted by Gasteiger charge is 2.17. The minimum Gasteiger partial charge on any atom is -0.457 e. The molecule has 0 saturated heterocycles. The minimum atomic E-state index is -3.89. The number of nitrogens with one attached hydrogen (secondary N) is 1. The Hall–Kier alpha value is -2.81. The first kappa shape index (κ1) is 22.5. The van der Waals surface area contributed by atoms with Crippen LogP contribution in [0.1, 0.15) is 10.4 Å². The zero-order valence-corrected chi connectivity index (χ0v) is 17.6. The molecule has 0 aliphatic heterocycles. The lowest BCUT2D eigenvalue weighted by atomic mass is 10.1. The average Bonchev–Trinajstić information content (AvgIpc) is 2.63. The van der Waals surface area contributed by atoms with Gasteiger partial charge in [-0.2, -0.15) is 0 Å². The molecule has 0 atom stereocenters. The standard InChI is InChI=1S/C19H17Cl2N3O4S/c1-12(9-14(21)11-23-2)28-18-8-5-15(10-17(18)19(22)25)24-29(26,27)16-6-3-13(20)4-7-16/h3-11,24H,1H2,2H3,(H2,22,25)/b14-9+,23-11?. The number of nitrogens with two attached hydrogens (primary N) is 1. The molecule has 29 heavy (non-hydrogen) atoms. The van der Waals surface area contributed by atoms with E-state index in [0.717, 1.165) is 0 Å². The first-order valence-corrected chi connectivity index (χ1v) is 10.2. The molecule has 2 aromatic rings. The van der Waals surface area contributed by atoms with Crippen LogP contribution in [-0.2, 0) is 10.0 Å². The minimum absolute atomic E-state index is 0.00796. The molecule has 3 N–H and O–H groups in total. The van der Waals surface area contributed by atoms with E-state index in [1.54, 1.807) is 7.05 Å². The molecule has 0 aromatic heterocycles. The van der Waals surface area contributed by atoms with E-state index in [0.29, 0.717) is 5.02 Å². The average molecular weight is 454 g/mol. The Labute approximate surface area is 178 Å². The third-order valence-electron chi connectivity index (χ3n) is 3.41. The fourth-order valence-corrected chi connectivity index (χ4v) is 3.58. The number of allylic oxidation sites excluding steroid dienone is 2. The second kappa shape index (κ2) is 9.60. The summed E-state index contributed by atoms with van der Waals surface area (Å²) in [7, 11) is -2.34. The lowest BCUT2D eigenvalue weighted by Crippen LogP contribution is -2.16. The second-order valence-corrected chi connectivity index (χ2v) is 8.17. The maximum absolute atomic E-state index is 12.5. The van der Waals surface area contributed by atoms with Crippen molar-refractivity contribution in [3.05, 3.63) is 76.5 Å². The molecule has 0 heterocycles. The van der Waals surface area contributed by atoms with Crippen molar-refractivity contribution >= 4 is 51.0 Å². The van der Waals surface area contributed by atoms with Gasteiger partial charge in [-0.05, 0) is 42.5 Å². The normalized spacial score (nSPS) is 12.0. The van der Waals surface area contributed by atoms with E-state index in [1.807, 2.05) is 0 Å². The molecule has 1 amide bonds. The highest BCUT2D eigenvalue weighted by Crippen LogP contribution is 2.26. The van der Waals surface area contributed by atoms with Crippen LogP contribution in [0, 0.1) is 0 Å². The Balaban J connectivity index is 2.29. The van der Waals surface area contributed by atoms with Crippen molar-refractivity contribution in [1.29, 1.82) is 0 Å². The molecule has 2 rings (SSSR count). The molecular weight excluding hydrogens is 437 g/mol. The van der Waals surface area contributed by atoms with E-state index in [-0.39, 0.29) is 32.7 Å². The molecular formula is C19H17Cl2N3O4S. The molecule has 0 spiro atoms. The molecule has 7 nitrogen and oxygen atoms in total. The molecule has 0 radical (unpaired) electrons. The lowest BCUT2D eigenvalue weighted by Gasteiger charge is -2.13. The number of nitrogens with zero attached hydrogens (tertiary/aromatic N) is 1. The summed E-state index contributed by atoms with van der Waals surface area (Å²) in [5.41, 5.74) is 5.47. The Bertz CT molecular complexity index is 1090. The third-order valence-corrected chi connectivity index (χ3v) is 5.27. The van der Waals surface area contributed by atoms with Crippen molar-refractivity contribution in [3.63, 3.8) is 0 Å². The van der Waals surface area contributed by atoms with Gasteiger partial charge in [0, 0.05) is 30.0 Å². The van der Waals surface area contributed by atoms with Crippen molar-refractivity contribution in [3.8, 4) is 5.75 Å². The van der Waals surface area contributed by atoms with E-state index in [9.17, 15) is 13.2 Å². The Morgan fingerprint density at radius 2 is 1.90 bits per heavy atom. The summed E-state index contributed by atoms with van der Waals surface area (Å²) in [4.78, 5) is 15.6. The topological polar surface area (TPSA) is 111 Å². The maximum Gasteiger partial charge on any atom is 0.261 e. The molecule has 0 bridgehead atoms. The van der Waals surface area contributed by atoms with Crippen molar-refractivity contribution < 1.29 is 17.9 Å². The third kappa shape index (κ3) is 6.35. The summed E-state index contributed by atoms with van der Waals surface area (Å²) in [6, 6.07) is 9.69. The molecule has 0 unspecified atom stereocenters. The summed E-state index contributed by atoms with van der Waals surface area (Å²) in [5.74, 6) is -0.594. The molecule has 152 valence electrons. The number of halogens is 2. The van der Waals surface area contributed by atoms with Crippen molar-refractivity contribution in [2.24, 2.45) is 10.7 Å². The van der Waals surface area contributed by atoms with E-state index in [4.69, 9.17) is 33.7 Å². The number of hydrogen-bond donors (Lipinski definition) is 2. The lowest BCUT2D eigenvalue weighted by molar-refractivity contribution is 0.0998. The number of anilines is 1. The van der Waals surface area contributed by atoms with Gasteiger partial charge in [0.25, 0.3) is 15.9 Å². The van der Waals surface area contributed by atoms with Crippen LogP contribution in [0.15, 0.2) is 75.8 Å². The zero-order valence-electron chi connectivity index (χ0n) is 15.2. The molecule has 0 fully saturated rings. The van der Waals surface area contributed by atoms with Crippen LogP contribution < -0.4 is 15.2 Å².